The van der Waals surface area contributed by atoms with Crippen molar-refractivity contribution in [3.8, 4) is 5.13 Å². The van der Waals surface area contributed by atoms with Crippen LogP contribution in [0.25, 0.3) is 16.2 Å². The van der Waals surface area contributed by atoms with Crippen LogP contribution in [0.3, 0.4) is 0 Å². The lowest BCUT2D eigenvalue weighted by molar-refractivity contribution is -0.126. The molecular formula is C23H25N5O5S. The van der Waals surface area contributed by atoms with Crippen LogP contribution in [0.2, 0.25) is 0 Å². The number of aliphatic hydroxyl groups is 1. The molecule has 10 nitrogen and oxygen atoms in total. The number of amides is 1. The molecule has 5 rings (SSSR count). The molecule has 0 bridgehead atoms. The smallest absolute Gasteiger partial charge is 0.341 e. The van der Waals surface area contributed by atoms with Crippen molar-refractivity contribution in [3.05, 3.63) is 45.2 Å². The lowest BCUT2D eigenvalue weighted by Crippen LogP contribution is -2.55. The molecule has 3 aromatic heterocycles. The Bertz CT molecular complexity index is 1310. The number of pyridine rings is 2. The molecule has 4 heterocycles. The molecule has 1 aliphatic heterocycles. The van der Waals surface area contributed by atoms with Crippen LogP contribution in [0.5, 0.6) is 0 Å². The van der Waals surface area contributed by atoms with Crippen molar-refractivity contribution in [2.45, 2.75) is 44.8 Å². The molecule has 0 spiro atoms. The first kappa shape index (κ1) is 22.5. The van der Waals surface area contributed by atoms with Crippen LogP contribution in [0.1, 0.15) is 41.6 Å². The Morgan fingerprint density at radius 2 is 1.94 bits per heavy atom. The van der Waals surface area contributed by atoms with E-state index in [9.17, 15) is 24.6 Å². The second-order valence-corrected chi connectivity index (χ2v) is 9.85. The highest BCUT2D eigenvalue weighted by Crippen LogP contribution is 2.29. The van der Waals surface area contributed by atoms with Crippen molar-refractivity contribution in [3.63, 3.8) is 0 Å². The number of aliphatic hydroxyl groups excluding tert-OH is 1. The SMILES string of the molecule is Cc1cc(N2CC(C(=O)N[C@H]3CC[C@H](O)CC3)C2)nc2c1c(=O)c(C(=O)O)cn2-c1nccs1. The Kier molecular flexibility index (Phi) is 5.82. The second-order valence-electron chi connectivity index (χ2n) is 8.97. The van der Waals surface area contributed by atoms with Crippen molar-refractivity contribution in [2.24, 2.45) is 5.92 Å². The van der Waals surface area contributed by atoms with Gasteiger partial charge in [0, 0.05) is 36.9 Å². The number of thiazole rings is 1. The minimum absolute atomic E-state index is 0.0148. The van der Waals surface area contributed by atoms with Crippen LogP contribution in [-0.4, -0.2) is 61.9 Å². The van der Waals surface area contributed by atoms with Crippen molar-refractivity contribution >= 4 is 40.1 Å². The van der Waals surface area contributed by atoms with Gasteiger partial charge in [-0.2, -0.15) is 0 Å². The van der Waals surface area contributed by atoms with Gasteiger partial charge in [-0.3, -0.25) is 14.2 Å². The van der Waals surface area contributed by atoms with Gasteiger partial charge in [-0.1, -0.05) is 0 Å². The summed E-state index contributed by atoms with van der Waals surface area (Å²) in [6, 6.07) is 1.88. The predicted octanol–water partition coefficient (Wildman–Crippen LogP) is 1.70. The topological polar surface area (TPSA) is 138 Å². The number of nitrogens with one attached hydrogen (secondary N) is 1. The van der Waals surface area contributed by atoms with E-state index in [2.05, 4.69) is 10.3 Å². The molecule has 0 aromatic carbocycles. The Morgan fingerprint density at radius 1 is 1.21 bits per heavy atom. The van der Waals surface area contributed by atoms with Crippen LogP contribution in [0.15, 0.2) is 28.6 Å². The van der Waals surface area contributed by atoms with Crippen molar-refractivity contribution in [1.82, 2.24) is 19.9 Å². The van der Waals surface area contributed by atoms with Gasteiger partial charge in [0.15, 0.2) is 10.8 Å². The zero-order valence-corrected chi connectivity index (χ0v) is 19.4. The van der Waals surface area contributed by atoms with E-state index in [-0.39, 0.29) is 34.9 Å². The van der Waals surface area contributed by atoms with Gasteiger partial charge in [-0.25, -0.2) is 14.8 Å². The number of aryl methyl sites for hydroxylation is 1. The molecule has 1 amide bonds. The maximum Gasteiger partial charge on any atom is 0.341 e. The van der Waals surface area contributed by atoms with Gasteiger partial charge in [0.1, 0.15) is 11.4 Å². The fraction of sp³-hybridized carbons (Fsp3) is 0.435. The monoisotopic (exact) mass is 483 g/mol. The fourth-order valence-corrected chi connectivity index (χ4v) is 5.26. The summed E-state index contributed by atoms with van der Waals surface area (Å²) >= 11 is 1.31. The zero-order valence-electron chi connectivity index (χ0n) is 18.6. The number of carboxylic acid groups (broad SMARTS) is 1. The average molecular weight is 484 g/mol. The van der Waals surface area contributed by atoms with Crippen LogP contribution >= 0.6 is 11.3 Å². The molecule has 2 aliphatic rings. The first-order chi connectivity index (χ1) is 16.3. The number of rotatable bonds is 5. The van der Waals surface area contributed by atoms with Gasteiger partial charge in [0.2, 0.25) is 11.3 Å². The number of carboxylic acids is 1. The van der Waals surface area contributed by atoms with Gasteiger partial charge in [0.05, 0.1) is 17.4 Å². The van der Waals surface area contributed by atoms with Crippen LogP contribution < -0.4 is 15.6 Å². The molecule has 3 N–H and O–H groups in total. The van der Waals surface area contributed by atoms with E-state index in [1.165, 1.54) is 17.5 Å². The summed E-state index contributed by atoms with van der Waals surface area (Å²) in [5.74, 6) is -0.812. The number of fused-ring (bicyclic) bond motifs is 1. The van der Waals surface area contributed by atoms with Gasteiger partial charge >= 0.3 is 5.97 Å². The molecule has 11 heteroatoms. The number of aromatic nitrogens is 3. The first-order valence-corrected chi connectivity index (χ1v) is 12.1. The number of hydrogen-bond donors (Lipinski definition) is 3. The molecule has 34 heavy (non-hydrogen) atoms. The molecular weight excluding hydrogens is 458 g/mol. The summed E-state index contributed by atoms with van der Waals surface area (Å²) in [6.45, 7) is 2.77. The minimum Gasteiger partial charge on any atom is -0.477 e. The van der Waals surface area contributed by atoms with E-state index in [0.29, 0.717) is 48.1 Å². The third kappa shape index (κ3) is 4.05. The summed E-state index contributed by atoms with van der Waals surface area (Å²) in [6.07, 6.45) is 5.63. The van der Waals surface area contributed by atoms with Gasteiger partial charge in [-0.15, -0.1) is 11.3 Å². The molecule has 0 atom stereocenters. The van der Waals surface area contributed by atoms with Crippen LogP contribution in [0, 0.1) is 12.8 Å². The Hall–Kier alpha value is -3.31. The third-order valence-corrected chi connectivity index (χ3v) is 7.39. The summed E-state index contributed by atoms with van der Waals surface area (Å²) in [5, 5.41) is 24.8. The van der Waals surface area contributed by atoms with Gasteiger partial charge < -0.3 is 20.4 Å². The average Bonchev–Trinajstić information content (AvgIpc) is 3.29. The highest BCUT2D eigenvalue weighted by Gasteiger charge is 2.35. The molecule has 1 saturated carbocycles. The lowest BCUT2D eigenvalue weighted by Gasteiger charge is -2.40. The molecule has 1 aliphatic carbocycles. The largest absolute Gasteiger partial charge is 0.477 e. The summed E-state index contributed by atoms with van der Waals surface area (Å²) in [7, 11) is 0. The summed E-state index contributed by atoms with van der Waals surface area (Å²) in [4.78, 5) is 48.2. The van der Waals surface area contributed by atoms with E-state index < -0.39 is 11.4 Å². The molecule has 178 valence electrons. The standard InChI is InChI=1S/C23H25N5O5S/c1-12-8-17(27-9-13(10-27)21(31)25-14-2-4-15(29)5-3-14)26-20-18(12)19(30)16(22(32)33)11-28(20)23-24-6-7-34-23/h6-8,11,13-15,29H,2-5,9-10H2,1H3,(H,25,31)(H,32,33)/t14-,15-. The number of nitrogens with zero attached hydrogens (tertiary/aromatic N) is 4. The van der Waals surface area contributed by atoms with Gasteiger partial charge in [-0.05, 0) is 44.2 Å². The molecule has 3 aromatic rings. The molecule has 0 radical (unpaired) electrons. The highest BCUT2D eigenvalue weighted by atomic mass is 32.1. The number of carbonyl (C=O) groups is 2. The molecule has 1 saturated heterocycles. The van der Waals surface area contributed by atoms with E-state index in [1.54, 1.807) is 29.1 Å². The van der Waals surface area contributed by atoms with Crippen molar-refractivity contribution < 1.29 is 19.8 Å². The van der Waals surface area contributed by atoms with Gasteiger partial charge in [0.25, 0.3) is 0 Å². The van der Waals surface area contributed by atoms with Crippen LogP contribution in [0.4, 0.5) is 5.82 Å². The second kappa shape index (κ2) is 8.80. The Labute approximate surface area is 198 Å². The third-order valence-electron chi connectivity index (χ3n) is 6.62. The Morgan fingerprint density at radius 3 is 2.59 bits per heavy atom. The maximum absolute atomic E-state index is 12.9. The Balaban J connectivity index is 1.41. The van der Waals surface area contributed by atoms with E-state index in [0.717, 1.165) is 12.8 Å². The summed E-state index contributed by atoms with van der Waals surface area (Å²) < 4.78 is 1.54. The van der Waals surface area contributed by atoms with Crippen molar-refractivity contribution in [1.29, 1.82) is 0 Å². The maximum atomic E-state index is 12.9. The minimum atomic E-state index is -1.30. The van der Waals surface area contributed by atoms with Crippen molar-refractivity contribution in [2.75, 3.05) is 18.0 Å². The summed E-state index contributed by atoms with van der Waals surface area (Å²) in [5.41, 5.74) is 0.0438. The number of anilines is 1. The lowest BCUT2D eigenvalue weighted by atomic mass is 9.91. The van der Waals surface area contributed by atoms with E-state index in [1.807, 2.05) is 4.90 Å². The number of carbonyl (C=O) groups excluding carboxylic acids is 1. The van der Waals surface area contributed by atoms with E-state index >= 15 is 0 Å². The fourth-order valence-electron chi connectivity index (χ4n) is 4.64. The molecule has 2 fully saturated rings. The predicted molar refractivity (Wildman–Crippen MR) is 127 cm³/mol. The van der Waals surface area contributed by atoms with E-state index in [4.69, 9.17) is 4.98 Å². The molecule has 0 unspecified atom stereocenters. The normalized spacial score (nSPS) is 20.8. The highest BCUT2D eigenvalue weighted by molar-refractivity contribution is 7.12. The van der Waals surface area contributed by atoms with Crippen LogP contribution in [-0.2, 0) is 4.79 Å². The number of aromatic carboxylic acids is 1. The quantitative estimate of drug-likeness (QED) is 0.499. The zero-order chi connectivity index (χ0) is 24.0. The number of hydrogen-bond acceptors (Lipinski definition) is 8. The first-order valence-electron chi connectivity index (χ1n) is 11.3.